The van der Waals surface area contributed by atoms with Gasteiger partial charge in [0.2, 0.25) is 0 Å². The van der Waals surface area contributed by atoms with E-state index in [1.165, 1.54) is 6.92 Å². The molecular weight excluding hydrogens is 546 g/mol. The number of methoxy groups -OCH3 is 1. The predicted molar refractivity (Wildman–Crippen MR) is 153 cm³/mol. The van der Waals surface area contributed by atoms with Gasteiger partial charge in [-0.25, -0.2) is 18.4 Å². The van der Waals surface area contributed by atoms with Crippen molar-refractivity contribution in [1.29, 1.82) is 0 Å². The number of benzene rings is 2. The van der Waals surface area contributed by atoms with Gasteiger partial charge in [-0.3, -0.25) is 4.57 Å². The topological polar surface area (TPSA) is 150 Å². The second kappa shape index (κ2) is 12.9. The zero-order valence-corrected chi connectivity index (χ0v) is 24.5. The van der Waals surface area contributed by atoms with Crippen molar-refractivity contribution in [3.05, 3.63) is 83.2 Å². The number of hydrogen-bond acceptors (Lipinski definition) is 10. The first-order valence-electron chi connectivity index (χ1n) is 13.1. The molecule has 0 fully saturated rings. The van der Waals surface area contributed by atoms with Crippen LogP contribution in [0.2, 0.25) is 0 Å². The summed E-state index contributed by atoms with van der Waals surface area (Å²) in [5.41, 5.74) is 4.06. The van der Waals surface area contributed by atoms with Crippen molar-refractivity contribution in [3.8, 4) is 22.8 Å². The standard InChI is InChI=1S/C29H35N5O6S/c1-18-8-6-10-22(12-18)29-33-32-25(34(29)26-20(3)9-7-11-24(26)39-5)17-41(37,38)21(4)27(40-16-23(36)15-35)28-30-13-19(2)14-31-28/h6-14,21,23,27,35-36H,15-17H2,1-5H3/t21-,23-,27-/m0/s1. The van der Waals surface area contributed by atoms with E-state index in [4.69, 9.17) is 9.47 Å². The van der Waals surface area contributed by atoms with E-state index in [1.807, 2.05) is 57.2 Å². The van der Waals surface area contributed by atoms with Crippen LogP contribution in [0, 0.1) is 20.8 Å². The van der Waals surface area contributed by atoms with Gasteiger partial charge in [0.25, 0.3) is 0 Å². The average Bonchev–Trinajstić information content (AvgIpc) is 3.35. The monoisotopic (exact) mass is 581 g/mol. The Balaban J connectivity index is 1.80. The molecule has 2 aromatic heterocycles. The predicted octanol–water partition coefficient (Wildman–Crippen LogP) is 3.07. The Morgan fingerprint density at radius 1 is 1.00 bits per heavy atom. The van der Waals surface area contributed by atoms with Gasteiger partial charge in [0.15, 0.2) is 27.3 Å². The molecule has 4 aromatic rings. The fourth-order valence-corrected chi connectivity index (χ4v) is 5.82. The van der Waals surface area contributed by atoms with Gasteiger partial charge in [0, 0.05) is 18.0 Å². The minimum absolute atomic E-state index is 0.152. The van der Waals surface area contributed by atoms with Gasteiger partial charge < -0.3 is 19.7 Å². The molecule has 0 spiro atoms. The number of sulfone groups is 1. The molecule has 11 nitrogen and oxygen atoms in total. The summed E-state index contributed by atoms with van der Waals surface area (Å²) >= 11 is 0. The highest BCUT2D eigenvalue weighted by molar-refractivity contribution is 7.91. The van der Waals surface area contributed by atoms with Crippen molar-refractivity contribution in [3.63, 3.8) is 0 Å². The van der Waals surface area contributed by atoms with Crippen molar-refractivity contribution in [2.24, 2.45) is 0 Å². The molecule has 0 saturated heterocycles. The summed E-state index contributed by atoms with van der Waals surface area (Å²) in [6.45, 7) is 6.35. The number of aromatic nitrogens is 5. The quantitative estimate of drug-likeness (QED) is 0.256. The number of nitrogens with zero attached hydrogens (tertiary/aromatic N) is 5. The Hall–Kier alpha value is -3.71. The third-order valence-corrected chi connectivity index (χ3v) is 8.75. The van der Waals surface area contributed by atoms with E-state index in [0.717, 1.165) is 22.3 Å². The lowest BCUT2D eigenvalue weighted by molar-refractivity contribution is -0.0324. The summed E-state index contributed by atoms with van der Waals surface area (Å²) in [7, 11) is -2.43. The zero-order valence-electron chi connectivity index (χ0n) is 23.7. The molecule has 0 amide bonds. The van der Waals surface area contributed by atoms with Gasteiger partial charge in [-0.05, 0) is 51.0 Å². The van der Waals surface area contributed by atoms with Crippen LogP contribution in [0.3, 0.4) is 0 Å². The van der Waals surface area contributed by atoms with Crippen LogP contribution in [0.15, 0.2) is 54.9 Å². The van der Waals surface area contributed by atoms with Gasteiger partial charge >= 0.3 is 0 Å². The Kier molecular flexibility index (Phi) is 9.49. The molecule has 2 heterocycles. The molecule has 0 radical (unpaired) electrons. The van der Waals surface area contributed by atoms with Crippen molar-refractivity contribution in [2.75, 3.05) is 20.3 Å². The molecule has 41 heavy (non-hydrogen) atoms. The summed E-state index contributed by atoms with van der Waals surface area (Å²) in [5.74, 6) is 0.885. The number of aliphatic hydroxyl groups excluding tert-OH is 2. The number of hydrogen-bond donors (Lipinski definition) is 2. The van der Waals surface area contributed by atoms with E-state index in [0.29, 0.717) is 17.3 Å². The molecule has 218 valence electrons. The summed E-state index contributed by atoms with van der Waals surface area (Å²) in [6, 6.07) is 13.3. The van der Waals surface area contributed by atoms with E-state index in [1.54, 1.807) is 30.1 Å². The number of rotatable bonds is 12. The Morgan fingerprint density at radius 3 is 2.37 bits per heavy atom. The fraction of sp³-hybridized carbons (Fsp3) is 0.379. The molecule has 2 aromatic carbocycles. The van der Waals surface area contributed by atoms with Crippen LogP contribution >= 0.6 is 0 Å². The summed E-state index contributed by atoms with van der Waals surface area (Å²) in [4.78, 5) is 8.56. The van der Waals surface area contributed by atoms with Crippen molar-refractivity contribution >= 4 is 9.84 Å². The van der Waals surface area contributed by atoms with Gasteiger partial charge in [-0.2, -0.15) is 0 Å². The van der Waals surface area contributed by atoms with Gasteiger partial charge in [-0.1, -0.05) is 35.9 Å². The molecule has 4 rings (SSSR count). The van der Waals surface area contributed by atoms with Crippen molar-refractivity contribution in [2.45, 2.75) is 50.9 Å². The fourth-order valence-electron chi connectivity index (χ4n) is 4.44. The normalized spacial score (nSPS) is 14.0. The van der Waals surface area contributed by atoms with Crippen LogP contribution in [0.5, 0.6) is 5.75 Å². The molecular formula is C29H35N5O6S. The lowest BCUT2D eigenvalue weighted by Gasteiger charge is -2.24. The molecule has 3 atom stereocenters. The Labute approximate surface area is 239 Å². The van der Waals surface area contributed by atoms with E-state index < -0.39 is 39.7 Å². The maximum atomic E-state index is 14.0. The van der Waals surface area contributed by atoms with Crippen molar-refractivity contribution < 1.29 is 28.1 Å². The largest absolute Gasteiger partial charge is 0.495 e. The van der Waals surface area contributed by atoms with Crippen LogP contribution in [0.4, 0.5) is 0 Å². The van der Waals surface area contributed by atoms with Crippen LogP contribution in [0.1, 0.15) is 41.4 Å². The second-order valence-corrected chi connectivity index (χ2v) is 12.3. The third-order valence-electron chi connectivity index (χ3n) is 6.71. The molecule has 0 aliphatic rings. The maximum absolute atomic E-state index is 14.0. The maximum Gasteiger partial charge on any atom is 0.168 e. The summed E-state index contributed by atoms with van der Waals surface area (Å²) in [6.07, 6.45) is 0.833. The first kappa shape index (κ1) is 30.3. The highest BCUT2D eigenvalue weighted by Crippen LogP contribution is 2.34. The minimum atomic E-state index is -3.98. The zero-order chi connectivity index (χ0) is 29.7. The smallest absolute Gasteiger partial charge is 0.168 e. The Morgan fingerprint density at radius 2 is 1.71 bits per heavy atom. The summed E-state index contributed by atoms with van der Waals surface area (Å²) in [5, 5.41) is 26.8. The van der Waals surface area contributed by atoms with E-state index >= 15 is 0 Å². The Bertz CT molecular complexity index is 1590. The van der Waals surface area contributed by atoms with E-state index in [2.05, 4.69) is 20.2 Å². The summed E-state index contributed by atoms with van der Waals surface area (Å²) < 4.78 is 41.1. The highest BCUT2D eigenvalue weighted by Gasteiger charge is 2.36. The second-order valence-electron chi connectivity index (χ2n) is 9.99. The van der Waals surface area contributed by atoms with Crippen LogP contribution < -0.4 is 4.74 Å². The first-order chi connectivity index (χ1) is 19.6. The average molecular weight is 582 g/mol. The number of para-hydroxylation sites is 1. The lowest BCUT2D eigenvalue weighted by Crippen LogP contribution is -2.33. The first-order valence-corrected chi connectivity index (χ1v) is 14.8. The molecule has 0 saturated carbocycles. The molecule has 0 aliphatic heterocycles. The highest BCUT2D eigenvalue weighted by atomic mass is 32.2. The SMILES string of the molecule is COc1cccc(C)c1-n1c(CS(=O)(=O)[C@@H](C)[C@H](OC[C@@H](O)CO)c2ncc(C)cn2)nnc1-c1cccc(C)c1. The minimum Gasteiger partial charge on any atom is -0.495 e. The number of ether oxygens (including phenoxy) is 2. The van der Waals surface area contributed by atoms with Crippen molar-refractivity contribution in [1.82, 2.24) is 24.7 Å². The molecule has 12 heteroatoms. The van der Waals surface area contributed by atoms with Gasteiger partial charge in [0.1, 0.15) is 23.7 Å². The molecule has 0 unspecified atom stereocenters. The van der Waals surface area contributed by atoms with Crippen LogP contribution in [-0.4, -0.2) is 75.0 Å². The number of aliphatic hydroxyl groups is 2. The lowest BCUT2D eigenvalue weighted by atomic mass is 10.1. The number of aryl methyl sites for hydroxylation is 3. The third kappa shape index (κ3) is 6.79. The van der Waals surface area contributed by atoms with Gasteiger partial charge in [-0.15, -0.1) is 10.2 Å². The molecule has 0 bridgehead atoms. The molecule has 2 N–H and O–H groups in total. The van der Waals surface area contributed by atoms with E-state index in [-0.39, 0.29) is 18.3 Å². The van der Waals surface area contributed by atoms with Crippen LogP contribution in [-0.2, 0) is 20.3 Å². The molecule has 0 aliphatic carbocycles. The van der Waals surface area contributed by atoms with Crippen LogP contribution in [0.25, 0.3) is 17.1 Å². The van der Waals surface area contributed by atoms with Gasteiger partial charge in [0.05, 0.1) is 31.3 Å². The van der Waals surface area contributed by atoms with E-state index in [9.17, 15) is 18.6 Å².